The number of pyridine rings is 1. The van der Waals surface area contributed by atoms with Gasteiger partial charge in [-0.2, -0.15) is 23.5 Å². The lowest BCUT2D eigenvalue weighted by atomic mass is 9.87. The molecule has 2 rings (SSSR count). The number of amides is 4. The lowest BCUT2D eigenvalue weighted by Crippen LogP contribution is -2.64. The molecule has 1 aliphatic rings. The van der Waals surface area contributed by atoms with Crippen LogP contribution >= 0.6 is 23.5 Å². The number of nitrogens with two attached hydrogens (primary N) is 1. The van der Waals surface area contributed by atoms with Crippen LogP contribution < -0.4 is 21.7 Å². The van der Waals surface area contributed by atoms with E-state index in [1.165, 1.54) is 0 Å². The van der Waals surface area contributed by atoms with Gasteiger partial charge in [0.25, 0.3) is 0 Å². The minimum Gasteiger partial charge on any atom is -0.396 e. The molecule has 0 spiro atoms. The van der Waals surface area contributed by atoms with Gasteiger partial charge in [0.15, 0.2) is 0 Å². The number of rotatable bonds is 20. The molecule has 1 fully saturated rings. The molecular weight excluding hydrogens is 603 g/mol. The highest BCUT2D eigenvalue weighted by molar-refractivity contribution is 7.98. The smallest absolute Gasteiger partial charge is 0.246 e. The first kappa shape index (κ1) is 37.8. The fourth-order valence-electron chi connectivity index (χ4n) is 4.82. The van der Waals surface area contributed by atoms with Crippen molar-refractivity contribution >= 4 is 47.2 Å². The molecule has 2 heterocycles. The Morgan fingerprint density at radius 1 is 1.05 bits per heavy atom. The molecule has 0 aliphatic carbocycles. The average molecular weight is 654 g/mol. The largest absolute Gasteiger partial charge is 0.396 e. The van der Waals surface area contributed by atoms with Crippen LogP contribution in [-0.4, -0.2) is 82.7 Å². The van der Waals surface area contributed by atoms with Gasteiger partial charge in [-0.05, 0) is 42.6 Å². The van der Waals surface area contributed by atoms with Gasteiger partial charge in [0.05, 0.1) is 11.4 Å². The summed E-state index contributed by atoms with van der Waals surface area (Å²) in [5.74, 6) is 1.05. The molecule has 1 saturated heterocycles. The molecule has 4 amide bonds. The molecule has 44 heavy (non-hydrogen) atoms. The Morgan fingerprint density at radius 3 is 2.25 bits per heavy atom. The zero-order valence-corrected chi connectivity index (χ0v) is 28.2. The first-order chi connectivity index (χ1) is 21.0. The second kappa shape index (κ2) is 19.9. The highest BCUT2D eigenvalue weighted by Gasteiger charge is 2.43. The maximum Gasteiger partial charge on any atom is 0.246 e. The Morgan fingerprint density at radius 2 is 1.68 bits per heavy atom. The van der Waals surface area contributed by atoms with Crippen LogP contribution in [0.5, 0.6) is 0 Å². The number of thioether (sulfide) groups is 2. The van der Waals surface area contributed by atoms with E-state index in [1.54, 1.807) is 23.5 Å². The quantitative estimate of drug-likeness (QED) is 0.133. The van der Waals surface area contributed by atoms with E-state index in [-0.39, 0.29) is 43.6 Å². The van der Waals surface area contributed by atoms with E-state index in [2.05, 4.69) is 20.9 Å². The van der Waals surface area contributed by atoms with Crippen molar-refractivity contribution < 1.29 is 29.0 Å². The van der Waals surface area contributed by atoms with Crippen molar-refractivity contribution in [3.63, 3.8) is 0 Å². The van der Waals surface area contributed by atoms with E-state index in [1.807, 2.05) is 45.9 Å². The lowest BCUT2D eigenvalue weighted by molar-refractivity contribution is -0.140. The summed E-state index contributed by atoms with van der Waals surface area (Å²) in [6.45, 7) is 8.45. The molecule has 248 valence electrons. The van der Waals surface area contributed by atoms with Crippen LogP contribution in [0.25, 0.3) is 0 Å². The summed E-state index contributed by atoms with van der Waals surface area (Å²) in [5.41, 5.74) is 6.30. The normalized spacial score (nSPS) is 16.5. The molecule has 1 aromatic heterocycles. The van der Waals surface area contributed by atoms with Gasteiger partial charge in [-0.1, -0.05) is 40.2 Å². The molecule has 0 bridgehead atoms. The number of nitrogens with one attached hydrogen (secondary N) is 3. The third-order valence-electron chi connectivity index (χ3n) is 7.59. The van der Waals surface area contributed by atoms with E-state index in [4.69, 9.17) is 15.6 Å². The van der Waals surface area contributed by atoms with Crippen LogP contribution in [0, 0.1) is 11.8 Å². The van der Waals surface area contributed by atoms with Gasteiger partial charge in [0.2, 0.25) is 23.6 Å². The fraction of sp³-hybridized carbons (Fsp3) is 0.710. The summed E-state index contributed by atoms with van der Waals surface area (Å²) < 4.78 is 5.50. The Balaban J connectivity index is 1.98. The number of aromatic nitrogens is 1. The van der Waals surface area contributed by atoms with E-state index in [0.29, 0.717) is 37.6 Å². The second-order valence-electron chi connectivity index (χ2n) is 11.7. The molecule has 0 unspecified atom stereocenters. The van der Waals surface area contributed by atoms with Gasteiger partial charge in [-0.25, -0.2) is 0 Å². The molecular formula is C31H51N5O6S2. The van der Waals surface area contributed by atoms with Gasteiger partial charge in [-0.15, -0.1) is 0 Å². The molecule has 1 aromatic rings. The summed E-state index contributed by atoms with van der Waals surface area (Å²) in [7, 11) is 0. The Hall–Kier alpha value is -2.35. The molecule has 0 radical (unpaired) electrons. The fourth-order valence-corrected chi connectivity index (χ4v) is 6.51. The third kappa shape index (κ3) is 12.9. The number of hydrogen-bond donors (Lipinski definition) is 5. The van der Waals surface area contributed by atoms with Gasteiger partial charge in [0.1, 0.15) is 17.6 Å². The first-order valence-electron chi connectivity index (χ1n) is 15.5. The van der Waals surface area contributed by atoms with Gasteiger partial charge in [0, 0.05) is 56.3 Å². The maximum absolute atomic E-state index is 13.7. The van der Waals surface area contributed by atoms with E-state index >= 15 is 0 Å². The Bertz CT molecular complexity index is 1070. The van der Waals surface area contributed by atoms with E-state index in [9.17, 15) is 19.2 Å². The zero-order chi connectivity index (χ0) is 32.5. The van der Waals surface area contributed by atoms with Crippen LogP contribution in [0.2, 0.25) is 0 Å². The van der Waals surface area contributed by atoms with Gasteiger partial charge < -0.3 is 31.5 Å². The molecule has 1 aliphatic heterocycles. The molecule has 0 saturated carbocycles. The maximum atomic E-state index is 13.7. The SMILES string of the molecule is CC[C@H](C)[C@H](NC(=O)[C@H](CC(C)C)NC(=O)C1(NC(=O)CCSCc2cccc(CSCCCO)n2)CCOCC1)C(N)=O. The molecule has 3 atom stereocenters. The number of aliphatic hydroxyl groups excluding tert-OH is 1. The molecule has 0 aromatic carbocycles. The molecule has 6 N–H and O–H groups in total. The van der Waals surface area contributed by atoms with Crippen LogP contribution in [0.15, 0.2) is 18.2 Å². The van der Waals surface area contributed by atoms with Crippen molar-refractivity contribution in [1.29, 1.82) is 0 Å². The first-order valence-corrected chi connectivity index (χ1v) is 17.8. The number of hydrogen-bond acceptors (Lipinski definition) is 9. The predicted molar refractivity (Wildman–Crippen MR) is 176 cm³/mol. The standard InChI is InChI=1S/C31H51N5O6S2/c1-5-22(4)27(28(32)39)35-29(40)25(18-21(2)3)34-30(41)31(11-14-42-15-12-31)36-26(38)10-17-44-20-24-9-6-8-23(33-24)19-43-16-7-13-37/h6,8-9,21-22,25,27,37H,5,7,10-20H2,1-4H3,(H2,32,39)(H,34,41)(H,35,40)(H,36,38)/t22-,25-,27-/m0/s1. The van der Waals surface area contributed by atoms with Crippen molar-refractivity contribution in [1.82, 2.24) is 20.9 Å². The number of nitrogens with zero attached hydrogens (tertiary/aromatic N) is 1. The number of ether oxygens (including phenoxy) is 1. The van der Waals surface area contributed by atoms with Crippen molar-refractivity contribution in [2.45, 2.75) is 95.3 Å². The van der Waals surface area contributed by atoms with Crippen LogP contribution in [0.1, 0.15) is 77.6 Å². The minimum absolute atomic E-state index is 0.0825. The molecule has 13 heteroatoms. The Labute approximate surface area is 270 Å². The van der Waals surface area contributed by atoms with Crippen molar-refractivity contribution in [2.24, 2.45) is 17.6 Å². The number of carbonyl (C=O) groups excluding carboxylic acids is 4. The van der Waals surface area contributed by atoms with Crippen molar-refractivity contribution in [2.75, 3.05) is 31.3 Å². The summed E-state index contributed by atoms with van der Waals surface area (Å²) >= 11 is 3.34. The predicted octanol–water partition coefficient (Wildman–Crippen LogP) is 2.53. The van der Waals surface area contributed by atoms with Crippen LogP contribution in [0.4, 0.5) is 0 Å². The van der Waals surface area contributed by atoms with Crippen molar-refractivity contribution in [3.05, 3.63) is 29.6 Å². The summed E-state index contributed by atoms with van der Waals surface area (Å²) in [4.78, 5) is 56.8. The van der Waals surface area contributed by atoms with Crippen LogP contribution in [0.3, 0.4) is 0 Å². The highest BCUT2D eigenvalue weighted by atomic mass is 32.2. The Kier molecular flexibility index (Phi) is 17.1. The lowest BCUT2D eigenvalue weighted by Gasteiger charge is -2.38. The molecule has 11 nitrogen and oxygen atoms in total. The second-order valence-corrected chi connectivity index (χ2v) is 13.9. The van der Waals surface area contributed by atoms with E-state index in [0.717, 1.165) is 29.3 Å². The summed E-state index contributed by atoms with van der Waals surface area (Å²) in [5, 5.41) is 17.5. The number of primary amides is 1. The average Bonchev–Trinajstić information content (AvgIpc) is 2.99. The zero-order valence-electron chi connectivity index (χ0n) is 26.6. The number of carbonyl (C=O) groups is 4. The topological polar surface area (TPSA) is 173 Å². The summed E-state index contributed by atoms with van der Waals surface area (Å²) in [6, 6.07) is 4.20. The van der Waals surface area contributed by atoms with E-state index < -0.39 is 35.3 Å². The minimum atomic E-state index is -1.20. The highest BCUT2D eigenvalue weighted by Crippen LogP contribution is 2.23. The van der Waals surface area contributed by atoms with Gasteiger partial charge >= 0.3 is 0 Å². The number of aliphatic hydroxyl groups is 1. The summed E-state index contributed by atoms with van der Waals surface area (Å²) in [6.07, 6.45) is 2.58. The monoisotopic (exact) mass is 653 g/mol. The third-order valence-corrected chi connectivity index (χ3v) is 9.66. The van der Waals surface area contributed by atoms with Crippen LogP contribution in [-0.2, 0) is 35.4 Å². The van der Waals surface area contributed by atoms with Gasteiger partial charge in [-0.3, -0.25) is 24.2 Å². The van der Waals surface area contributed by atoms with Crippen molar-refractivity contribution in [3.8, 4) is 0 Å².